The fourth-order valence-corrected chi connectivity index (χ4v) is 1.91. The van der Waals surface area contributed by atoms with Gasteiger partial charge in [-0.3, -0.25) is 4.79 Å². The van der Waals surface area contributed by atoms with Crippen LogP contribution in [0.2, 0.25) is 0 Å². The zero-order valence-electron chi connectivity index (χ0n) is 9.55. The van der Waals surface area contributed by atoms with Crippen LogP contribution in [0, 0.1) is 18.3 Å². The van der Waals surface area contributed by atoms with Crippen molar-refractivity contribution in [2.45, 2.75) is 51.1 Å². The Kier molecular flexibility index (Phi) is 3.76. The number of amides is 1. The first-order valence-corrected chi connectivity index (χ1v) is 5.50. The van der Waals surface area contributed by atoms with Crippen LogP contribution >= 0.6 is 0 Å². The molecule has 1 rings (SSSR count). The minimum atomic E-state index is -0.557. The van der Waals surface area contributed by atoms with Crippen LogP contribution < -0.4 is 11.1 Å². The SMILES string of the molecule is C#CC(C)(C)NC(=O)C1CCCC(N)C1. The van der Waals surface area contributed by atoms with Gasteiger partial charge in [-0.05, 0) is 33.1 Å². The molecule has 0 aromatic heterocycles. The van der Waals surface area contributed by atoms with Gasteiger partial charge in [0.05, 0.1) is 5.54 Å². The quantitative estimate of drug-likeness (QED) is 0.666. The number of carbonyl (C=O) groups is 1. The molecule has 3 nitrogen and oxygen atoms in total. The van der Waals surface area contributed by atoms with Crippen molar-refractivity contribution < 1.29 is 4.79 Å². The maximum atomic E-state index is 11.9. The van der Waals surface area contributed by atoms with Gasteiger partial charge in [0.15, 0.2) is 0 Å². The number of hydrogen-bond acceptors (Lipinski definition) is 2. The summed E-state index contributed by atoms with van der Waals surface area (Å²) in [5.74, 6) is 2.65. The maximum absolute atomic E-state index is 11.9. The molecule has 0 radical (unpaired) electrons. The molecule has 3 heteroatoms. The van der Waals surface area contributed by atoms with Crippen LogP contribution in [0.1, 0.15) is 39.5 Å². The van der Waals surface area contributed by atoms with E-state index in [1.54, 1.807) is 0 Å². The lowest BCUT2D eigenvalue weighted by Crippen LogP contribution is -2.47. The topological polar surface area (TPSA) is 55.1 Å². The highest BCUT2D eigenvalue weighted by Gasteiger charge is 2.28. The van der Waals surface area contributed by atoms with Crippen LogP contribution in [0.5, 0.6) is 0 Å². The molecule has 1 aliphatic rings. The Hall–Kier alpha value is -1.01. The second-order valence-corrected chi connectivity index (χ2v) is 4.88. The summed E-state index contributed by atoms with van der Waals surface area (Å²) in [5.41, 5.74) is 5.28. The van der Waals surface area contributed by atoms with E-state index in [1.165, 1.54) is 0 Å². The van der Waals surface area contributed by atoms with Gasteiger partial charge in [-0.15, -0.1) is 6.42 Å². The molecule has 3 N–H and O–H groups in total. The lowest BCUT2D eigenvalue weighted by atomic mass is 9.85. The summed E-state index contributed by atoms with van der Waals surface area (Å²) in [5, 5.41) is 2.87. The minimum Gasteiger partial charge on any atom is -0.340 e. The predicted octanol–water partition coefficient (Wildman–Crippen LogP) is 1.03. The van der Waals surface area contributed by atoms with E-state index in [0.717, 1.165) is 25.7 Å². The fourth-order valence-electron chi connectivity index (χ4n) is 1.91. The molecule has 0 spiro atoms. The monoisotopic (exact) mass is 208 g/mol. The molecule has 1 fully saturated rings. The minimum absolute atomic E-state index is 0.0429. The summed E-state index contributed by atoms with van der Waals surface area (Å²) in [6, 6.07) is 0.170. The van der Waals surface area contributed by atoms with Crippen molar-refractivity contribution in [1.29, 1.82) is 0 Å². The summed E-state index contributed by atoms with van der Waals surface area (Å²) in [4.78, 5) is 11.9. The lowest BCUT2D eigenvalue weighted by Gasteiger charge is -2.29. The Morgan fingerprint density at radius 1 is 1.53 bits per heavy atom. The molecule has 84 valence electrons. The Balaban J connectivity index is 2.50. The smallest absolute Gasteiger partial charge is 0.224 e. The fraction of sp³-hybridized carbons (Fsp3) is 0.750. The largest absolute Gasteiger partial charge is 0.340 e. The summed E-state index contributed by atoms with van der Waals surface area (Å²) < 4.78 is 0. The standard InChI is InChI=1S/C12H20N2O/c1-4-12(2,3)14-11(15)9-6-5-7-10(13)8-9/h1,9-10H,5-8,13H2,2-3H3,(H,14,15). The van der Waals surface area contributed by atoms with Gasteiger partial charge in [0, 0.05) is 12.0 Å². The van der Waals surface area contributed by atoms with Crippen molar-refractivity contribution in [3.8, 4) is 12.3 Å². The first kappa shape index (κ1) is 12.1. The highest BCUT2D eigenvalue weighted by atomic mass is 16.2. The van der Waals surface area contributed by atoms with E-state index in [2.05, 4.69) is 11.2 Å². The molecule has 0 heterocycles. The van der Waals surface area contributed by atoms with Gasteiger partial charge in [0.1, 0.15) is 0 Å². The number of nitrogens with one attached hydrogen (secondary N) is 1. The van der Waals surface area contributed by atoms with Crippen LogP contribution in [-0.2, 0) is 4.79 Å². The van der Waals surface area contributed by atoms with E-state index in [9.17, 15) is 4.79 Å². The third kappa shape index (κ3) is 3.56. The normalized spacial score (nSPS) is 26.8. The Labute approximate surface area is 91.8 Å². The van der Waals surface area contributed by atoms with Gasteiger partial charge < -0.3 is 11.1 Å². The van der Waals surface area contributed by atoms with Gasteiger partial charge in [0.25, 0.3) is 0 Å². The summed E-state index contributed by atoms with van der Waals surface area (Å²) in [7, 11) is 0. The van der Waals surface area contributed by atoms with E-state index in [4.69, 9.17) is 12.2 Å². The summed E-state index contributed by atoms with van der Waals surface area (Å²) in [6.45, 7) is 3.65. The number of rotatable bonds is 2. The van der Waals surface area contributed by atoms with Crippen molar-refractivity contribution in [1.82, 2.24) is 5.32 Å². The van der Waals surface area contributed by atoms with Gasteiger partial charge in [0.2, 0.25) is 5.91 Å². The van der Waals surface area contributed by atoms with E-state index in [-0.39, 0.29) is 17.9 Å². The maximum Gasteiger partial charge on any atom is 0.224 e. The van der Waals surface area contributed by atoms with Crippen molar-refractivity contribution in [2.75, 3.05) is 0 Å². The molecule has 1 saturated carbocycles. The van der Waals surface area contributed by atoms with Crippen molar-refractivity contribution in [3.05, 3.63) is 0 Å². The molecule has 2 atom stereocenters. The van der Waals surface area contributed by atoms with Crippen LogP contribution in [0.15, 0.2) is 0 Å². The highest BCUT2D eigenvalue weighted by molar-refractivity contribution is 5.80. The van der Waals surface area contributed by atoms with Crippen LogP contribution in [0.4, 0.5) is 0 Å². The molecule has 0 aromatic carbocycles. The van der Waals surface area contributed by atoms with Gasteiger partial charge in [-0.25, -0.2) is 0 Å². The molecular formula is C12H20N2O. The molecular weight excluding hydrogens is 188 g/mol. The zero-order chi connectivity index (χ0) is 11.5. The Bertz CT molecular complexity index is 278. The van der Waals surface area contributed by atoms with E-state index >= 15 is 0 Å². The number of terminal acetylenes is 1. The van der Waals surface area contributed by atoms with Gasteiger partial charge in [-0.1, -0.05) is 12.3 Å². The van der Waals surface area contributed by atoms with E-state index in [0.29, 0.717) is 0 Å². The van der Waals surface area contributed by atoms with E-state index < -0.39 is 5.54 Å². The molecule has 1 aliphatic carbocycles. The summed E-state index contributed by atoms with van der Waals surface area (Å²) >= 11 is 0. The summed E-state index contributed by atoms with van der Waals surface area (Å²) in [6.07, 6.45) is 9.10. The average molecular weight is 208 g/mol. The third-order valence-electron chi connectivity index (χ3n) is 2.88. The molecule has 0 aromatic rings. The molecule has 15 heavy (non-hydrogen) atoms. The van der Waals surface area contributed by atoms with Gasteiger partial charge in [-0.2, -0.15) is 0 Å². The van der Waals surface area contributed by atoms with Gasteiger partial charge >= 0.3 is 0 Å². The average Bonchev–Trinajstić information content (AvgIpc) is 2.17. The van der Waals surface area contributed by atoms with Crippen molar-refractivity contribution >= 4 is 5.91 Å². The van der Waals surface area contributed by atoms with Crippen LogP contribution in [0.25, 0.3) is 0 Å². The predicted molar refractivity (Wildman–Crippen MR) is 61.0 cm³/mol. The number of nitrogens with two attached hydrogens (primary N) is 1. The molecule has 2 unspecified atom stereocenters. The van der Waals surface area contributed by atoms with E-state index in [1.807, 2.05) is 13.8 Å². The van der Waals surface area contributed by atoms with Crippen molar-refractivity contribution in [2.24, 2.45) is 11.7 Å². The highest BCUT2D eigenvalue weighted by Crippen LogP contribution is 2.23. The molecule has 0 bridgehead atoms. The second-order valence-electron chi connectivity index (χ2n) is 4.88. The molecule has 0 saturated heterocycles. The number of carbonyl (C=O) groups excluding carboxylic acids is 1. The Morgan fingerprint density at radius 3 is 2.73 bits per heavy atom. The number of hydrogen-bond donors (Lipinski definition) is 2. The van der Waals surface area contributed by atoms with Crippen molar-refractivity contribution in [3.63, 3.8) is 0 Å². The molecule has 0 aliphatic heterocycles. The van der Waals surface area contributed by atoms with Crippen LogP contribution in [-0.4, -0.2) is 17.5 Å². The third-order valence-corrected chi connectivity index (χ3v) is 2.88. The second kappa shape index (κ2) is 4.67. The first-order chi connectivity index (χ1) is 6.94. The van der Waals surface area contributed by atoms with Crippen LogP contribution in [0.3, 0.4) is 0 Å². The zero-order valence-corrected chi connectivity index (χ0v) is 9.55. The lowest BCUT2D eigenvalue weighted by molar-refractivity contribution is -0.127. The Morgan fingerprint density at radius 2 is 2.20 bits per heavy atom. The molecule has 1 amide bonds. The first-order valence-electron chi connectivity index (χ1n) is 5.50.